The third-order valence-corrected chi connectivity index (χ3v) is 2.17. The van der Waals surface area contributed by atoms with E-state index in [-0.39, 0.29) is 0 Å². The van der Waals surface area contributed by atoms with Crippen LogP contribution in [0.25, 0.3) is 0 Å². The normalized spacial score (nSPS) is 23.1. The zero-order valence-corrected chi connectivity index (χ0v) is 6.42. The minimum atomic E-state index is 0.306. The van der Waals surface area contributed by atoms with Crippen molar-refractivity contribution in [2.45, 2.75) is 12.8 Å². The Morgan fingerprint density at radius 2 is 2.36 bits per heavy atom. The summed E-state index contributed by atoms with van der Waals surface area (Å²) in [5.41, 5.74) is 0.916. The van der Waals surface area contributed by atoms with E-state index in [1.165, 1.54) is 0 Å². The number of fused-ring (bicyclic) bond motifs is 1. The maximum Gasteiger partial charge on any atom is 0.178 e. The quantitative estimate of drug-likeness (QED) is 0.514. The van der Waals surface area contributed by atoms with Crippen molar-refractivity contribution < 1.29 is 4.79 Å². The first-order valence-corrected chi connectivity index (χ1v) is 4.03. The Labute approximate surface area is 66.2 Å². The van der Waals surface area contributed by atoms with Gasteiger partial charge >= 0.3 is 0 Å². The van der Waals surface area contributed by atoms with Crippen molar-refractivity contribution >= 4 is 5.78 Å². The minimum absolute atomic E-state index is 0.306. The fourth-order valence-electron chi connectivity index (χ4n) is 1.59. The van der Waals surface area contributed by atoms with E-state index in [1.54, 1.807) is 0 Å². The van der Waals surface area contributed by atoms with E-state index in [4.69, 9.17) is 0 Å². The second-order valence-electron chi connectivity index (χ2n) is 2.95. The van der Waals surface area contributed by atoms with Gasteiger partial charge in [-0.2, -0.15) is 0 Å². The molecule has 0 saturated carbocycles. The number of carbonyl (C=O) groups excluding carboxylic acids is 1. The van der Waals surface area contributed by atoms with Gasteiger partial charge in [-0.05, 0) is 12.5 Å². The van der Waals surface area contributed by atoms with Gasteiger partial charge in [0.25, 0.3) is 0 Å². The monoisotopic (exact) mass is 149 g/mol. The number of hydrogen-bond acceptors (Lipinski definition) is 2. The van der Waals surface area contributed by atoms with E-state index >= 15 is 0 Å². The van der Waals surface area contributed by atoms with Gasteiger partial charge in [0.1, 0.15) is 0 Å². The Morgan fingerprint density at radius 1 is 1.45 bits per heavy atom. The van der Waals surface area contributed by atoms with Crippen LogP contribution >= 0.6 is 0 Å². The van der Waals surface area contributed by atoms with Crippen LogP contribution in [-0.4, -0.2) is 23.8 Å². The van der Waals surface area contributed by atoms with Gasteiger partial charge < -0.3 is 4.90 Å². The van der Waals surface area contributed by atoms with Crippen molar-refractivity contribution in [3.05, 3.63) is 23.9 Å². The predicted octanol–water partition coefficient (Wildman–Crippen LogP) is 1.10. The van der Waals surface area contributed by atoms with Crippen LogP contribution in [0, 0.1) is 0 Å². The topological polar surface area (TPSA) is 20.3 Å². The van der Waals surface area contributed by atoms with Crippen molar-refractivity contribution in [2.75, 3.05) is 13.1 Å². The zero-order chi connectivity index (χ0) is 7.68. The van der Waals surface area contributed by atoms with Crippen molar-refractivity contribution in [1.82, 2.24) is 4.90 Å². The van der Waals surface area contributed by atoms with Crippen molar-refractivity contribution in [2.24, 2.45) is 0 Å². The van der Waals surface area contributed by atoms with Gasteiger partial charge in [-0.15, -0.1) is 0 Å². The number of ketones is 1. The van der Waals surface area contributed by atoms with Gasteiger partial charge in [0.05, 0.1) is 5.70 Å². The van der Waals surface area contributed by atoms with Crippen LogP contribution in [0.15, 0.2) is 23.9 Å². The van der Waals surface area contributed by atoms with Gasteiger partial charge in [0.15, 0.2) is 5.78 Å². The molecule has 2 nitrogen and oxygen atoms in total. The lowest BCUT2D eigenvalue weighted by Crippen LogP contribution is -2.34. The van der Waals surface area contributed by atoms with E-state index < -0.39 is 0 Å². The molecule has 0 aromatic heterocycles. The molecule has 2 rings (SSSR count). The predicted molar refractivity (Wildman–Crippen MR) is 43.0 cm³/mol. The number of piperidine rings is 1. The highest BCUT2D eigenvalue weighted by Gasteiger charge is 2.21. The first kappa shape index (κ1) is 6.65. The summed E-state index contributed by atoms with van der Waals surface area (Å²) < 4.78 is 0. The zero-order valence-electron chi connectivity index (χ0n) is 6.42. The Hall–Kier alpha value is -1.05. The van der Waals surface area contributed by atoms with Gasteiger partial charge in [0.2, 0.25) is 0 Å². The van der Waals surface area contributed by atoms with Gasteiger partial charge in [-0.25, -0.2) is 0 Å². The fourth-order valence-corrected chi connectivity index (χ4v) is 1.59. The number of carbonyl (C=O) groups is 1. The largest absolute Gasteiger partial charge is 0.365 e. The molecule has 0 spiro atoms. The third-order valence-electron chi connectivity index (χ3n) is 2.17. The van der Waals surface area contributed by atoms with Crippen molar-refractivity contribution in [3.8, 4) is 0 Å². The maximum absolute atomic E-state index is 11.3. The van der Waals surface area contributed by atoms with Crippen LogP contribution in [0.3, 0.4) is 0 Å². The number of nitrogens with zero attached hydrogens (tertiary/aromatic N) is 1. The molecule has 0 amide bonds. The van der Waals surface area contributed by atoms with E-state index in [9.17, 15) is 4.79 Å². The molecule has 2 aliphatic rings. The molecule has 0 atom stereocenters. The molecule has 0 aromatic rings. The maximum atomic E-state index is 11.3. The molecule has 0 aromatic carbocycles. The molecular formula is C9H11NO. The summed E-state index contributed by atoms with van der Waals surface area (Å²) in [6.45, 7) is 1.96. The smallest absolute Gasteiger partial charge is 0.178 e. The van der Waals surface area contributed by atoms with Gasteiger partial charge in [0, 0.05) is 19.5 Å². The van der Waals surface area contributed by atoms with E-state index in [0.717, 1.165) is 31.6 Å². The molecule has 58 valence electrons. The highest BCUT2D eigenvalue weighted by Crippen LogP contribution is 2.19. The second-order valence-corrected chi connectivity index (χ2v) is 2.95. The highest BCUT2D eigenvalue weighted by molar-refractivity contribution is 5.95. The summed E-state index contributed by atoms with van der Waals surface area (Å²) in [6.07, 6.45) is 7.72. The molecular weight excluding hydrogens is 138 g/mol. The van der Waals surface area contributed by atoms with Crippen molar-refractivity contribution in [1.29, 1.82) is 0 Å². The molecule has 1 fully saturated rings. The van der Waals surface area contributed by atoms with Crippen LogP contribution in [0.4, 0.5) is 0 Å². The first-order valence-electron chi connectivity index (χ1n) is 4.03. The van der Waals surface area contributed by atoms with Gasteiger partial charge in [-0.3, -0.25) is 4.79 Å². The molecule has 2 aliphatic heterocycles. The Balaban J connectivity index is 2.27. The van der Waals surface area contributed by atoms with E-state index in [0.29, 0.717) is 5.78 Å². The lowest BCUT2D eigenvalue weighted by molar-refractivity contribution is -0.118. The minimum Gasteiger partial charge on any atom is -0.365 e. The third kappa shape index (κ3) is 1.09. The molecule has 0 radical (unpaired) electrons. The summed E-state index contributed by atoms with van der Waals surface area (Å²) >= 11 is 0. The van der Waals surface area contributed by atoms with Gasteiger partial charge in [-0.1, -0.05) is 12.2 Å². The van der Waals surface area contributed by atoms with Crippen LogP contribution < -0.4 is 0 Å². The Morgan fingerprint density at radius 3 is 3.18 bits per heavy atom. The van der Waals surface area contributed by atoms with Crippen LogP contribution in [0.1, 0.15) is 12.8 Å². The molecule has 0 aliphatic carbocycles. The number of Topliss-reactive ketones (excluding diaryl/α,β-unsaturated/α-hetero) is 1. The second kappa shape index (κ2) is 2.53. The Bertz CT molecular complexity index is 240. The molecule has 2 heteroatoms. The summed E-state index contributed by atoms with van der Waals surface area (Å²) in [7, 11) is 0. The van der Waals surface area contributed by atoms with E-state index in [2.05, 4.69) is 11.0 Å². The summed E-state index contributed by atoms with van der Waals surface area (Å²) in [5.74, 6) is 0.306. The van der Waals surface area contributed by atoms with E-state index in [1.807, 2.05) is 12.2 Å². The van der Waals surface area contributed by atoms with Crippen molar-refractivity contribution in [3.63, 3.8) is 0 Å². The molecule has 1 saturated heterocycles. The number of allylic oxidation sites excluding steroid dienone is 3. The van der Waals surface area contributed by atoms with Crippen LogP contribution in [0.5, 0.6) is 0 Å². The molecule has 0 unspecified atom stereocenters. The highest BCUT2D eigenvalue weighted by atomic mass is 16.1. The summed E-state index contributed by atoms with van der Waals surface area (Å²) in [6, 6.07) is 0. The summed E-state index contributed by atoms with van der Waals surface area (Å²) in [4.78, 5) is 13.4. The Kier molecular flexibility index (Phi) is 1.53. The lowest BCUT2D eigenvalue weighted by atomic mass is 10.0. The molecule has 2 heterocycles. The summed E-state index contributed by atoms with van der Waals surface area (Å²) in [5, 5.41) is 0. The van der Waals surface area contributed by atoms with Crippen LogP contribution in [0.2, 0.25) is 0 Å². The number of rotatable bonds is 0. The fraction of sp³-hybridized carbons (Fsp3) is 0.444. The molecule has 0 bridgehead atoms. The first-order chi connectivity index (χ1) is 5.38. The standard InChI is InChI=1S/C9H11NO/c11-9-5-3-7-10-6-2-1-4-8(9)10/h1-2,4H,3,5-7H2. The number of hydrogen-bond donors (Lipinski definition) is 0. The average Bonchev–Trinajstić information content (AvgIpc) is 2.06. The lowest BCUT2D eigenvalue weighted by Gasteiger charge is -2.30. The molecule has 11 heavy (non-hydrogen) atoms. The SMILES string of the molecule is O=C1CCCN2CC=CC=C12. The molecule has 0 N–H and O–H groups in total. The van der Waals surface area contributed by atoms with Crippen LogP contribution in [-0.2, 0) is 4.79 Å². The average molecular weight is 149 g/mol.